The van der Waals surface area contributed by atoms with E-state index in [0.29, 0.717) is 12.0 Å². The first-order chi connectivity index (χ1) is 14.7. The number of hydrogen-bond donors (Lipinski definition) is 3. The molecule has 9 nitrogen and oxygen atoms in total. The highest BCUT2D eigenvalue weighted by atomic mass is 32.2. The van der Waals surface area contributed by atoms with Crippen LogP contribution in [0.5, 0.6) is 0 Å². The van der Waals surface area contributed by atoms with Gasteiger partial charge in [-0.25, -0.2) is 13.6 Å². The van der Waals surface area contributed by atoms with Crippen LogP contribution in [0.2, 0.25) is 0 Å². The molecule has 156 valence electrons. The van der Waals surface area contributed by atoms with E-state index < -0.39 is 0 Å². The second kappa shape index (κ2) is 8.39. The van der Waals surface area contributed by atoms with Crippen molar-refractivity contribution in [2.45, 2.75) is 25.8 Å². The average Bonchev–Trinajstić information content (AvgIpc) is 3.34. The Morgan fingerprint density at radius 1 is 1.27 bits per heavy atom. The van der Waals surface area contributed by atoms with Gasteiger partial charge in [-0.2, -0.15) is 15.3 Å². The number of nitrogens with one attached hydrogen (secondary N) is 3. The highest BCUT2D eigenvalue weighted by Crippen LogP contribution is 2.31. The lowest BCUT2D eigenvalue weighted by atomic mass is 10.1. The molecule has 2 saturated heterocycles. The number of hydrogen-bond acceptors (Lipinski definition) is 10. The fraction of sp³-hybridized carbons (Fsp3) is 0.474. The molecule has 0 amide bonds. The summed E-state index contributed by atoms with van der Waals surface area (Å²) in [5.41, 5.74) is 0.998. The van der Waals surface area contributed by atoms with Crippen LogP contribution in [0.1, 0.15) is 18.5 Å². The number of aromatic nitrogens is 4. The van der Waals surface area contributed by atoms with E-state index in [-0.39, 0.29) is 5.92 Å². The number of piperidine rings is 1. The van der Waals surface area contributed by atoms with Gasteiger partial charge >= 0.3 is 0 Å². The van der Waals surface area contributed by atoms with Crippen LogP contribution in [-0.4, -0.2) is 61.0 Å². The maximum atomic E-state index is 8.91. The van der Waals surface area contributed by atoms with Crippen LogP contribution in [0, 0.1) is 24.2 Å². The second-order valence-corrected chi connectivity index (χ2v) is 9.79. The maximum absolute atomic E-state index is 8.91. The van der Waals surface area contributed by atoms with Crippen LogP contribution in [-0.2, 0) is 0 Å². The minimum absolute atomic E-state index is 0.203. The van der Waals surface area contributed by atoms with E-state index in [4.69, 9.17) is 15.2 Å². The van der Waals surface area contributed by atoms with Gasteiger partial charge in [-0.3, -0.25) is 5.10 Å². The van der Waals surface area contributed by atoms with Crippen molar-refractivity contribution in [3.8, 4) is 6.07 Å². The lowest BCUT2D eigenvalue weighted by Crippen LogP contribution is -2.45. The van der Waals surface area contributed by atoms with E-state index >= 15 is 0 Å². The molecule has 30 heavy (non-hydrogen) atoms. The van der Waals surface area contributed by atoms with Crippen LogP contribution in [0.3, 0.4) is 0 Å². The Labute approximate surface area is 183 Å². The Morgan fingerprint density at radius 3 is 2.83 bits per heavy atom. The van der Waals surface area contributed by atoms with Gasteiger partial charge < -0.3 is 10.6 Å². The lowest BCUT2D eigenvalue weighted by molar-refractivity contribution is 0.253. The van der Waals surface area contributed by atoms with Crippen LogP contribution < -0.4 is 10.6 Å². The summed E-state index contributed by atoms with van der Waals surface area (Å²) in [4.78, 5) is 10.4. The summed E-state index contributed by atoms with van der Waals surface area (Å²) in [7, 11) is 0. The molecule has 5 rings (SSSR count). The largest absolute Gasteiger partial charge is 0.351 e. The number of thiophene rings is 1. The zero-order valence-corrected chi connectivity index (χ0v) is 18.3. The standard InChI is InChI=1S/C19H23N9S2/c1-12-8-16(26-25-12)22-17-15-4-7-29-18(15)24-19(23-17)21-14-2-5-27(6-3-14)30-28-10-13(9-20)11-28/h4,7-8,13-14H,2-3,5-6,10-11H2,1H3,(H3,21,22,23,24,25,26). The SMILES string of the molecule is Cc1cc(Nc2nc(NC3CCN(SN4CC(C#N)C4)CC3)nc3sccc23)n[nH]1. The van der Waals surface area contributed by atoms with Crippen LogP contribution in [0.4, 0.5) is 17.6 Å². The van der Waals surface area contributed by atoms with Crippen molar-refractivity contribution in [2.75, 3.05) is 36.8 Å². The predicted octanol–water partition coefficient (Wildman–Crippen LogP) is 3.36. The summed E-state index contributed by atoms with van der Waals surface area (Å²) in [6.45, 7) is 5.74. The summed E-state index contributed by atoms with van der Waals surface area (Å²) in [5.74, 6) is 2.38. The molecule has 5 heterocycles. The smallest absolute Gasteiger partial charge is 0.226 e. The minimum Gasteiger partial charge on any atom is -0.351 e. The average molecular weight is 442 g/mol. The fourth-order valence-corrected chi connectivity index (χ4v) is 5.59. The van der Waals surface area contributed by atoms with Gasteiger partial charge in [0.05, 0.1) is 17.4 Å². The Balaban J connectivity index is 1.21. The van der Waals surface area contributed by atoms with E-state index in [9.17, 15) is 0 Å². The van der Waals surface area contributed by atoms with Crippen molar-refractivity contribution in [3.63, 3.8) is 0 Å². The molecule has 2 fully saturated rings. The van der Waals surface area contributed by atoms with Gasteiger partial charge in [0.2, 0.25) is 5.95 Å². The van der Waals surface area contributed by atoms with E-state index in [1.807, 2.05) is 24.4 Å². The highest BCUT2D eigenvalue weighted by molar-refractivity contribution is 7.94. The summed E-state index contributed by atoms with van der Waals surface area (Å²) in [6.07, 6.45) is 2.07. The molecule has 3 aromatic rings. The zero-order valence-electron chi connectivity index (χ0n) is 16.6. The van der Waals surface area contributed by atoms with Gasteiger partial charge in [-0.15, -0.1) is 11.3 Å². The van der Waals surface area contributed by atoms with Crippen molar-refractivity contribution in [1.29, 1.82) is 5.26 Å². The van der Waals surface area contributed by atoms with Crippen molar-refractivity contribution in [1.82, 2.24) is 28.8 Å². The summed E-state index contributed by atoms with van der Waals surface area (Å²) < 4.78 is 4.66. The minimum atomic E-state index is 0.203. The van der Waals surface area contributed by atoms with Crippen LogP contribution in [0.25, 0.3) is 10.2 Å². The number of aromatic amines is 1. The predicted molar refractivity (Wildman–Crippen MR) is 121 cm³/mol. The first-order valence-electron chi connectivity index (χ1n) is 10.0. The topological polar surface area (TPSA) is 109 Å². The number of fused-ring (bicyclic) bond motifs is 1. The maximum Gasteiger partial charge on any atom is 0.226 e. The molecule has 0 aromatic carbocycles. The third kappa shape index (κ3) is 4.22. The molecule has 0 radical (unpaired) electrons. The van der Waals surface area contributed by atoms with Gasteiger partial charge in [0.25, 0.3) is 0 Å². The van der Waals surface area contributed by atoms with E-state index in [1.165, 1.54) is 0 Å². The first-order valence-corrected chi connectivity index (χ1v) is 11.7. The fourth-order valence-electron chi connectivity index (χ4n) is 3.63. The molecule has 3 N–H and O–H groups in total. The number of nitrogens with zero attached hydrogens (tertiary/aromatic N) is 6. The third-order valence-electron chi connectivity index (χ3n) is 5.33. The second-order valence-electron chi connectivity index (χ2n) is 7.70. The van der Waals surface area contributed by atoms with Crippen molar-refractivity contribution >= 4 is 51.3 Å². The number of nitriles is 1. The Kier molecular flexibility index (Phi) is 5.47. The van der Waals surface area contributed by atoms with Gasteiger partial charge in [-0.05, 0) is 31.2 Å². The number of rotatable bonds is 6. The molecule has 2 aliphatic rings. The quantitative estimate of drug-likeness (QED) is 0.496. The van der Waals surface area contributed by atoms with Gasteiger partial charge in [0, 0.05) is 56.1 Å². The molecule has 3 aromatic heterocycles. The summed E-state index contributed by atoms with van der Waals surface area (Å²) >= 11 is 3.39. The molecule has 0 saturated carbocycles. The third-order valence-corrected chi connectivity index (χ3v) is 7.26. The molecule has 0 bridgehead atoms. The molecular formula is C19H23N9S2. The molecule has 0 spiro atoms. The first kappa shape index (κ1) is 19.6. The summed E-state index contributed by atoms with van der Waals surface area (Å²) in [6, 6.07) is 6.67. The van der Waals surface area contributed by atoms with Crippen molar-refractivity contribution < 1.29 is 0 Å². The molecule has 0 aliphatic carbocycles. The van der Waals surface area contributed by atoms with Crippen molar-refractivity contribution in [3.05, 3.63) is 23.2 Å². The normalized spacial score (nSPS) is 18.9. The lowest BCUT2D eigenvalue weighted by Gasteiger charge is -2.39. The molecule has 11 heteroatoms. The van der Waals surface area contributed by atoms with Crippen LogP contribution >= 0.6 is 23.5 Å². The number of aryl methyl sites for hydroxylation is 1. The molecular weight excluding hydrogens is 418 g/mol. The van der Waals surface area contributed by atoms with Crippen LogP contribution in [0.15, 0.2) is 17.5 Å². The van der Waals surface area contributed by atoms with Gasteiger partial charge in [0.15, 0.2) is 5.82 Å². The van der Waals surface area contributed by atoms with E-state index in [2.05, 4.69) is 35.5 Å². The Bertz CT molecular complexity index is 1060. The zero-order chi connectivity index (χ0) is 20.5. The Hall–Kier alpha value is -2.39. The monoisotopic (exact) mass is 441 g/mol. The molecule has 0 atom stereocenters. The number of H-pyrrole nitrogens is 1. The molecule has 2 aliphatic heterocycles. The number of anilines is 3. The van der Waals surface area contributed by atoms with Gasteiger partial charge in [0.1, 0.15) is 10.6 Å². The van der Waals surface area contributed by atoms with E-state index in [0.717, 1.165) is 66.6 Å². The van der Waals surface area contributed by atoms with Gasteiger partial charge in [-0.1, -0.05) is 0 Å². The Morgan fingerprint density at radius 2 is 2.10 bits per heavy atom. The summed E-state index contributed by atoms with van der Waals surface area (Å²) in [5, 5.41) is 26.0. The van der Waals surface area contributed by atoms with E-state index in [1.54, 1.807) is 23.5 Å². The van der Waals surface area contributed by atoms with Crippen molar-refractivity contribution in [2.24, 2.45) is 5.92 Å². The molecule has 0 unspecified atom stereocenters. The highest BCUT2D eigenvalue weighted by Gasteiger charge is 2.30.